The van der Waals surface area contributed by atoms with E-state index in [4.69, 9.17) is 5.73 Å². The lowest BCUT2D eigenvalue weighted by Crippen LogP contribution is -2.42. The first-order valence-corrected chi connectivity index (χ1v) is 11.7. The number of Topliss-reactive ketones (excluding diaryl/α,β-unsaturated/α-hetero) is 1. The van der Waals surface area contributed by atoms with Gasteiger partial charge in [-0.1, -0.05) is 39.0 Å². The van der Waals surface area contributed by atoms with Crippen LogP contribution in [0.25, 0.3) is 0 Å². The highest BCUT2D eigenvalue weighted by molar-refractivity contribution is 9.10. The van der Waals surface area contributed by atoms with Crippen molar-refractivity contribution in [2.24, 2.45) is 11.1 Å². The first kappa shape index (κ1) is 20.9. The molecule has 0 saturated carbocycles. The molecule has 4 rings (SSSR count). The Balaban J connectivity index is 2.02. The number of hydrogen-bond acceptors (Lipinski definition) is 5. The summed E-state index contributed by atoms with van der Waals surface area (Å²) in [4.78, 5) is 16.4. The number of nitrogens with zero attached hydrogens (tertiary/aromatic N) is 2. The van der Waals surface area contributed by atoms with E-state index in [0.717, 1.165) is 44.7 Å². The molecule has 2 heterocycles. The lowest BCUT2D eigenvalue weighted by Gasteiger charge is -2.44. The molecule has 2 N–H and O–H groups in total. The van der Waals surface area contributed by atoms with Gasteiger partial charge in [-0.05, 0) is 51.9 Å². The van der Waals surface area contributed by atoms with Crippen LogP contribution in [-0.4, -0.2) is 5.78 Å². The number of hydrogen-bond donors (Lipinski definition) is 1. The van der Waals surface area contributed by atoms with E-state index in [1.54, 1.807) is 11.3 Å². The number of nitrogens with two attached hydrogens (primary N) is 1. The topological polar surface area (TPSA) is 70.1 Å². The van der Waals surface area contributed by atoms with Crippen molar-refractivity contribution in [3.8, 4) is 6.07 Å². The zero-order valence-corrected chi connectivity index (χ0v) is 19.7. The van der Waals surface area contributed by atoms with Crippen molar-refractivity contribution in [3.63, 3.8) is 0 Å². The molecule has 6 heteroatoms. The van der Waals surface area contributed by atoms with Gasteiger partial charge in [-0.25, -0.2) is 0 Å². The molecule has 30 heavy (non-hydrogen) atoms. The largest absolute Gasteiger partial charge is 0.384 e. The second-order valence-corrected chi connectivity index (χ2v) is 10.5. The zero-order chi connectivity index (χ0) is 21.6. The average molecular weight is 482 g/mol. The van der Waals surface area contributed by atoms with E-state index in [9.17, 15) is 10.1 Å². The van der Waals surface area contributed by atoms with Crippen LogP contribution in [-0.2, 0) is 11.2 Å². The number of para-hydroxylation sites is 1. The van der Waals surface area contributed by atoms with Gasteiger partial charge in [0, 0.05) is 32.4 Å². The van der Waals surface area contributed by atoms with Gasteiger partial charge in [-0.2, -0.15) is 5.26 Å². The smallest absolute Gasteiger partial charge is 0.162 e. The molecule has 1 aliphatic heterocycles. The summed E-state index contributed by atoms with van der Waals surface area (Å²) in [6.07, 6.45) is 2.04. The Kier molecular flexibility index (Phi) is 5.37. The van der Waals surface area contributed by atoms with Crippen LogP contribution in [0.5, 0.6) is 0 Å². The SMILES string of the molecule is CCc1ccccc1N1C(N)=C(C#N)C(c2cc(Br)cs2)C2=C1CC(C)(C)CC2=O. The van der Waals surface area contributed by atoms with Gasteiger partial charge in [0.15, 0.2) is 5.78 Å². The van der Waals surface area contributed by atoms with Crippen molar-refractivity contribution in [3.05, 3.63) is 73.3 Å². The fourth-order valence-corrected chi connectivity index (χ4v) is 6.14. The second kappa shape index (κ2) is 7.72. The molecule has 1 unspecified atom stereocenters. The number of allylic oxidation sites excluding steroid dienone is 3. The van der Waals surface area contributed by atoms with Crippen molar-refractivity contribution in [1.82, 2.24) is 0 Å². The van der Waals surface area contributed by atoms with Crippen molar-refractivity contribution in [2.45, 2.75) is 46.0 Å². The number of rotatable bonds is 3. The van der Waals surface area contributed by atoms with Crippen LogP contribution in [0.3, 0.4) is 0 Å². The van der Waals surface area contributed by atoms with Crippen molar-refractivity contribution < 1.29 is 4.79 Å². The summed E-state index contributed by atoms with van der Waals surface area (Å²) in [5.41, 5.74) is 10.7. The fraction of sp³-hybridized carbons (Fsp3) is 0.333. The molecule has 0 bridgehead atoms. The zero-order valence-electron chi connectivity index (χ0n) is 17.3. The molecule has 0 spiro atoms. The maximum Gasteiger partial charge on any atom is 0.162 e. The Labute approximate surface area is 189 Å². The highest BCUT2D eigenvalue weighted by atomic mass is 79.9. The average Bonchev–Trinajstić information content (AvgIpc) is 3.12. The minimum Gasteiger partial charge on any atom is -0.384 e. The summed E-state index contributed by atoms with van der Waals surface area (Å²) >= 11 is 5.06. The molecule has 0 fully saturated rings. The molecule has 0 saturated heterocycles. The normalized spacial score (nSPS) is 21.0. The standard InChI is InChI=1S/C24H24BrN3OS/c1-4-14-7-5-6-8-17(14)28-18-10-24(2,3)11-19(29)22(18)21(16(12-26)23(28)27)20-9-15(25)13-30-20/h5-9,13,21H,4,10-11,27H2,1-3H3. The first-order chi connectivity index (χ1) is 14.3. The number of ketones is 1. The van der Waals surface area contributed by atoms with Gasteiger partial charge in [0.25, 0.3) is 0 Å². The molecular formula is C24H24BrN3OS. The highest BCUT2D eigenvalue weighted by Gasteiger charge is 2.45. The Morgan fingerprint density at radius 1 is 1.33 bits per heavy atom. The number of nitriles is 1. The molecule has 2 aromatic rings. The van der Waals surface area contributed by atoms with Crippen molar-refractivity contribution >= 4 is 38.7 Å². The second-order valence-electron chi connectivity index (χ2n) is 8.63. The van der Waals surface area contributed by atoms with Crippen LogP contribution in [0, 0.1) is 16.7 Å². The third-order valence-electron chi connectivity index (χ3n) is 5.87. The Bertz CT molecular complexity index is 1140. The molecule has 1 aliphatic carbocycles. The van der Waals surface area contributed by atoms with Crippen LogP contribution in [0.1, 0.15) is 50.0 Å². The van der Waals surface area contributed by atoms with Crippen molar-refractivity contribution in [1.29, 1.82) is 5.26 Å². The first-order valence-electron chi connectivity index (χ1n) is 10.1. The third kappa shape index (κ3) is 3.40. The Hall–Kier alpha value is -2.36. The lowest BCUT2D eigenvalue weighted by molar-refractivity contribution is -0.118. The molecule has 1 atom stereocenters. The van der Waals surface area contributed by atoms with E-state index in [1.807, 2.05) is 34.5 Å². The van der Waals surface area contributed by atoms with Gasteiger partial charge in [-0.3, -0.25) is 9.69 Å². The van der Waals surface area contributed by atoms with E-state index >= 15 is 0 Å². The summed E-state index contributed by atoms with van der Waals surface area (Å²) in [5.74, 6) is 0.127. The predicted molar refractivity (Wildman–Crippen MR) is 125 cm³/mol. The van der Waals surface area contributed by atoms with Crippen molar-refractivity contribution in [2.75, 3.05) is 4.90 Å². The fourth-order valence-electron chi connectivity index (χ4n) is 4.58. The van der Waals surface area contributed by atoms with Gasteiger partial charge in [0.2, 0.25) is 0 Å². The summed E-state index contributed by atoms with van der Waals surface area (Å²) in [6, 6.07) is 12.4. The Morgan fingerprint density at radius 2 is 2.07 bits per heavy atom. The van der Waals surface area contributed by atoms with Gasteiger partial charge in [0.1, 0.15) is 5.82 Å². The van der Waals surface area contributed by atoms with E-state index in [2.05, 4.69) is 48.8 Å². The molecule has 1 aromatic carbocycles. The van der Waals surface area contributed by atoms with Gasteiger partial charge in [-0.15, -0.1) is 11.3 Å². The van der Waals surface area contributed by atoms with Crippen LogP contribution in [0.2, 0.25) is 0 Å². The van der Waals surface area contributed by atoms with Crippen LogP contribution in [0.4, 0.5) is 5.69 Å². The lowest BCUT2D eigenvalue weighted by atomic mass is 9.69. The maximum atomic E-state index is 13.5. The van der Waals surface area contributed by atoms with E-state index in [-0.39, 0.29) is 11.2 Å². The summed E-state index contributed by atoms with van der Waals surface area (Å²) < 4.78 is 0.947. The number of thiophene rings is 1. The molecule has 1 aromatic heterocycles. The summed E-state index contributed by atoms with van der Waals surface area (Å²) in [5, 5.41) is 12.1. The number of carbonyl (C=O) groups excluding carboxylic acids is 1. The monoisotopic (exact) mass is 481 g/mol. The molecular weight excluding hydrogens is 458 g/mol. The number of carbonyl (C=O) groups is 1. The quantitative estimate of drug-likeness (QED) is 0.582. The third-order valence-corrected chi connectivity index (χ3v) is 7.63. The van der Waals surface area contributed by atoms with E-state index in [0.29, 0.717) is 17.8 Å². The summed E-state index contributed by atoms with van der Waals surface area (Å²) in [7, 11) is 0. The minimum atomic E-state index is -0.407. The van der Waals surface area contributed by atoms with Gasteiger partial charge < -0.3 is 5.73 Å². The highest BCUT2D eigenvalue weighted by Crippen LogP contribution is 2.51. The minimum absolute atomic E-state index is 0.106. The Morgan fingerprint density at radius 3 is 2.70 bits per heavy atom. The number of halogens is 1. The molecule has 0 radical (unpaired) electrons. The number of anilines is 1. The van der Waals surface area contributed by atoms with Gasteiger partial charge in [0.05, 0.1) is 23.2 Å². The number of aryl methyl sites for hydroxylation is 1. The van der Waals surface area contributed by atoms with Gasteiger partial charge >= 0.3 is 0 Å². The predicted octanol–water partition coefficient (Wildman–Crippen LogP) is 6.01. The maximum absolute atomic E-state index is 13.5. The van der Waals surface area contributed by atoms with E-state index in [1.165, 1.54) is 0 Å². The van der Waals surface area contributed by atoms with Crippen LogP contribution >= 0.6 is 27.3 Å². The molecule has 4 nitrogen and oxygen atoms in total. The molecule has 154 valence electrons. The van der Waals surface area contributed by atoms with E-state index < -0.39 is 5.92 Å². The summed E-state index contributed by atoms with van der Waals surface area (Å²) in [6.45, 7) is 6.34. The molecule has 0 amide bonds. The van der Waals surface area contributed by atoms with Crippen LogP contribution < -0.4 is 10.6 Å². The van der Waals surface area contributed by atoms with Crippen LogP contribution in [0.15, 0.2) is 62.8 Å². The molecule has 2 aliphatic rings. The number of benzene rings is 1.